The number of nitrogens with one attached hydrogen (secondary N) is 1. The number of ether oxygens (including phenoxy) is 1. The number of para-hydroxylation sites is 1. The van der Waals surface area contributed by atoms with Crippen LogP contribution in [0.3, 0.4) is 0 Å². The Morgan fingerprint density at radius 1 is 1.40 bits per heavy atom. The largest absolute Gasteiger partial charge is 0.372 e. The number of benzene rings is 1. The van der Waals surface area contributed by atoms with Gasteiger partial charge in [-0.25, -0.2) is 0 Å². The fraction of sp³-hybridized carbons (Fsp3) is 0.385. The predicted molar refractivity (Wildman–Crippen MR) is 61.0 cm³/mol. The van der Waals surface area contributed by atoms with Crippen LogP contribution in [0.25, 0.3) is 10.9 Å². The van der Waals surface area contributed by atoms with Gasteiger partial charge in [0, 0.05) is 16.6 Å². The van der Waals surface area contributed by atoms with Gasteiger partial charge >= 0.3 is 0 Å². The Bertz CT molecular complexity index is 486. The van der Waals surface area contributed by atoms with Gasteiger partial charge in [0.25, 0.3) is 0 Å². The SMILES string of the molecule is CCC1OCCc2c1[nH]c1ccccc21. The second-order valence-electron chi connectivity index (χ2n) is 4.08. The third-order valence-electron chi connectivity index (χ3n) is 3.21. The average Bonchev–Trinajstić information content (AvgIpc) is 2.67. The summed E-state index contributed by atoms with van der Waals surface area (Å²) in [4.78, 5) is 3.49. The summed E-state index contributed by atoms with van der Waals surface area (Å²) >= 11 is 0. The highest BCUT2D eigenvalue weighted by Crippen LogP contribution is 2.33. The molecule has 1 N–H and O–H groups in total. The molecule has 1 unspecified atom stereocenters. The van der Waals surface area contributed by atoms with E-state index in [0.717, 1.165) is 19.4 Å². The van der Waals surface area contributed by atoms with Crippen LogP contribution >= 0.6 is 0 Å². The predicted octanol–water partition coefficient (Wildman–Crippen LogP) is 3.19. The highest BCUT2D eigenvalue weighted by molar-refractivity contribution is 5.84. The molecule has 2 aromatic rings. The van der Waals surface area contributed by atoms with E-state index in [0.29, 0.717) is 0 Å². The summed E-state index contributed by atoms with van der Waals surface area (Å²) in [6, 6.07) is 8.52. The van der Waals surface area contributed by atoms with Gasteiger partial charge < -0.3 is 9.72 Å². The van der Waals surface area contributed by atoms with Crippen molar-refractivity contribution in [2.45, 2.75) is 25.9 Å². The lowest BCUT2D eigenvalue weighted by Crippen LogP contribution is -2.14. The van der Waals surface area contributed by atoms with E-state index in [9.17, 15) is 0 Å². The lowest BCUT2D eigenvalue weighted by atomic mass is 10.0. The summed E-state index contributed by atoms with van der Waals surface area (Å²) in [6.07, 6.45) is 2.34. The van der Waals surface area contributed by atoms with Gasteiger partial charge in [-0.2, -0.15) is 0 Å². The van der Waals surface area contributed by atoms with Crippen LogP contribution in [0.4, 0.5) is 0 Å². The molecular weight excluding hydrogens is 186 g/mol. The smallest absolute Gasteiger partial charge is 0.0973 e. The minimum Gasteiger partial charge on any atom is -0.372 e. The second kappa shape index (κ2) is 3.38. The lowest BCUT2D eigenvalue weighted by molar-refractivity contribution is 0.0377. The maximum absolute atomic E-state index is 5.75. The van der Waals surface area contributed by atoms with Crippen molar-refractivity contribution in [2.75, 3.05) is 6.61 Å². The molecule has 0 aliphatic carbocycles. The molecule has 0 radical (unpaired) electrons. The Morgan fingerprint density at radius 2 is 2.27 bits per heavy atom. The number of aromatic amines is 1. The second-order valence-corrected chi connectivity index (χ2v) is 4.08. The normalized spacial score (nSPS) is 20.5. The van der Waals surface area contributed by atoms with E-state index in [-0.39, 0.29) is 6.10 Å². The number of hydrogen-bond acceptors (Lipinski definition) is 1. The van der Waals surface area contributed by atoms with E-state index in [2.05, 4.69) is 36.2 Å². The van der Waals surface area contributed by atoms with E-state index in [4.69, 9.17) is 4.74 Å². The fourth-order valence-corrected chi connectivity index (χ4v) is 2.47. The Kier molecular flexibility index (Phi) is 2.03. The summed E-state index contributed by atoms with van der Waals surface area (Å²) in [5.41, 5.74) is 4.00. The molecule has 1 aliphatic heterocycles. The minimum absolute atomic E-state index is 0.265. The van der Waals surface area contributed by atoms with Gasteiger partial charge in [0.15, 0.2) is 0 Å². The molecule has 0 spiro atoms. The van der Waals surface area contributed by atoms with Gasteiger partial charge in [0.05, 0.1) is 12.7 Å². The Labute approximate surface area is 89.3 Å². The van der Waals surface area contributed by atoms with Crippen molar-refractivity contribution in [1.29, 1.82) is 0 Å². The molecule has 1 atom stereocenters. The van der Waals surface area contributed by atoms with Crippen LogP contribution < -0.4 is 0 Å². The number of H-pyrrole nitrogens is 1. The summed E-state index contributed by atoms with van der Waals surface area (Å²) in [5.74, 6) is 0. The molecule has 0 fully saturated rings. The summed E-state index contributed by atoms with van der Waals surface area (Å²) in [5, 5.41) is 1.37. The zero-order valence-corrected chi connectivity index (χ0v) is 8.92. The first kappa shape index (κ1) is 8.98. The number of fused-ring (bicyclic) bond motifs is 3. The van der Waals surface area contributed by atoms with E-state index in [1.54, 1.807) is 0 Å². The van der Waals surface area contributed by atoms with Crippen LogP contribution in [-0.2, 0) is 11.2 Å². The number of hydrogen-bond donors (Lipinski definition) is 1. The zero-order valence-electron chi connectivity index (χ0n) is 8.92. The molecule has 2 heterocycles. The zero-order chi connectivity index (χ0) is 10.3. The van der Waals surface area contributed by atoms with Crippen molar-refractivity contribution in [2.24, 2.45) is 0 Å². The van der Waals surface area contributed by atoms with Crippen LogP contribution in [0.5, 0.6) is 0 Å². The summed E-state index contributed by atoms with van der Waals surface area (Å²) in [6.45, 7) is 3.03. The number of rotatable bonds is 1. The first-order chi connectivity index (χ1) is 7.40. The van der Waals surface area contributed by atoms with Crippen molar-refractivity contribution in [3.63, 3.8) is 0 Å². The van der Waals surface area contributed by atoms with Crippen LogP contribution in [0.15, 0.2) is 24.3 Å². The first-order valence-electron chi connectivity index (χ1n) is 5.61. The van der Waals surface area contributed by atoms with Gasteiger partial charge in [-0.1, -0.05) is 25.1 Å². The third kappa shape index (κ3) is 1.29. The van der Waals surface area contributed by atoms with Crippen molar-refractivity contribution >= 4 is 10.9 Å². The maximum atomic E-state index is 5.75. The van der Waals surface area contributed by atoms with Crippen molar-refractivity contribution in [3.05, 3.63) is 35.5 Å². The molecule has 0 saturated heterocycles. The maximum Gasteiger partial charge on any atom is 0.0973 e. The first-order valence-corrected chi connectivity index (χ1v) is 5.61. The van der Waals surface area contributed by atoms with E-state index in [1.807, 2.05) is 0 Å². The Morgan fingerprint density at radius 3 is 3.13 bits per heavy atom. The van der Waals surface area contributed by atoms with Gasteiger partial charge in [-0.3, -0.25) is 0 Å². The van der Waals surface area contributed by atoms with Crippen LogP contribution in [-0.4, -0.2) is 11.6 Å². The summed E-state index contributed by atoms with van der Waals surface area (Å²) < 4.78 is 5.75. The van der Waals surface area contributed by atoms with Crippen LogP contribution in [0, 0.1) is 0 Å². The molecule has 0 bridgehead atoms. The molecule has 3 rings (SSSR count). The standard InChI is InChI=1S/C13H15NO/c1-2-12-13-10(7-8-15-12)9-5-3-4-6-11(9)14-13/h3-6,12,14H,2,7-8H2,1H3. The quantitative estimate of drug-likeness (QED) is 0.753. The molecular formula is C13H15NO. The molecule has 15 heavy (non-hydrogen) atoms. The van der Waals surface area contributed by atoms with Gasteiger partial charge in [0.1, 0.15) is 0 Å². The van der Waals surface area contributed by atoms with Crippen molar-refractivity contribution < 1.29 is 4.74 Å². The number of aromatic nitrogens is 1. The molecule has 2 nitrogen and oxygen atoms in total. The lowest BCUT2D eigenvalue weighted by Gasteiger charge is -2.22. The van der Waals surface area contributed by atoms with E-state index in [1.165, 1.54) is 22.2 Å². The topological polar surface area (TPSA) is 25.0 Å². The molecule has 1 aromatic heterocycles. The molecule has 1 aromatic carbocycles. The molecule has 1 aliphatic rings. The average molecular weight is 201 g/mol. The molecule has 2 heteroatoms. The Hall–Kier alpha value is -1.28. The third-order valence-corrected chi connectivity index (χ3v) is 3.21. The molecule has 78 valence electrons. The highest BCUT2D eigenvalue weighted by atomic mass is 16.5. The summed E-state index contributed by atoms with van der Waals surface area (Å²) in [7, 11) is 0. The van der Waals surface area contributed by atoms with Gasteiger partial charge in [-0.15, -0.1) is 0 Å². The Balaban J connectivity index is 2.24. The van der Waals surface area contributed by atoms with Gasteiger partial charge in [0.2, 0.25) is 0 Å². The highest BCUT2D eigenvalue weighted by Gasteiger charge is 2.22. The van der Waals surface area contributed by atoms with Crippen LogP contribution in [0.1, 0.15) is 30.7 Å². The van der Waals surface area contributed by atoms with Gasteiger partial charge in [-0.05, 0) is 24.5 Å². The fourth-order valence-electron chi connectivity index (χ4n) is 2.47. The molecule has 0 amide bonds. The van der Waals surface area contributed by atoms with Crippen molar-refractivity contribution in [1.82, 2.24) is 4.98 Å². The monoisotopic (exact) mass is 201 g/mol. The van der Waals surface area contributed by atoms with Crippen LogP contribution in [0.2, 0.25) is 0 Å². The minimum atomic E-state index is 0.265. The molecule has 0 saturated carbocycles. The van der Waals surface area contributed by atoms with Crippen molar-refractivity contribution in [3.8, 4) is 0 Å². The van der Waals surface area contributed by atoms with E-state index >= 15 is 0 Å². The van der Waals surface area contributed by atoms with E-state index < -0.39 is 0 Å².